The monoisotopic (exact) mass is 278 g/mol. The SMILES string of the molecule is CCCOc1ccc(OCC(=O)OCC2CC2C)cc1. The fourth-order valence-corrected chi connectivity index (χ4v) is 1.87. The molecule has 1 fully saturated rings. The molecule has 2 rings (SSSR count). The highest BCUT2D eigenvalue weighted by Crippen LogP contribution is 2.37. The van der Waals surface area contributed by atoms with Gasteiger partial charge < -0.3 is 14.2 Å². The van der Waals surface area contributed by atoms with Gasteiger partial charge in [0, 0.05) is 0 Å². The van der Waals surface area contributed by atoms with E-state index in [4.69, 9.17) is 14.2 Å². The van der Waals surface area contributed by atoms with Gasteiger partial charge in [0.05, 0.1) is 13.2 Å². The van der Waals surface area contributed by atoms with Gasteiger partial charge in [0.25, 0.3) is 0 Å². The van der Waals surface area contributed by atoms with E-state index in [0.29, 0.717) is 30.8 Å². The van der Waals surface area contributed by atoms with Crippen LogP contribution >= 0.6 is 0 Å². The summed E-state index contributed by atoms with van der Waals surface area (Å²) in [7, 11) is 0. The minimum atomic E-state index is -0.310. The summed E-state index contributed by atoms with van der Waals surface area (Å²) in [4.78, 5) is 11.5. The molecular formula is C16H22O4. The van der Waals surface area contributed by atoms with E-state index in [-0.39, 0.29) is 12.6 Å². The predicted octanol–water partition coefficient (Wildman–Crippen LogP) is 3.05. The fourth-order valence-electron chi connectivity index (χ4n) is 1.87. The summed E-state index contributed by atoms with van der Waals surface area (Å²) in [5.74, 6) is 2.39. The molecule has 0 heterocycles. The summed E-state index contributed by atoms with van der Waals surface area (Å²) in [5, 5.41) is 0. The number of hydrogen-bond donors (Lipinski definition) is 0. The zero-order valence-corrected chi connectivity index (χ0v) is 12.1. The molecule has 0 N–H and O–H groups in total. The molecular weight excluding hydrogens is 256 g/mol. The molecule has 20 heavy (non-hydrogen) atoms. The molecule has 1 aromatic carbocycles. The molecule has 2 unspecified atom stereocenters. The molecule has 4 heteroatoms. The number of hydrogen-bond acceptors (Lipinski definition) is 4. The summed E-state index contributed by atoms with van der Waals surface area (Å²) in [6.45, 7) is 5.40. The Kier molecular flexibility index (Phi) is 5.27. The summed E-state index contributed by atoms with van der Waals surface area (Å²) in [6.07, 6.45) is 2.14. The maximum absolute atomic E-state index is 11.5. The van der Waals surface area contributed by atoms with Crippen LogP contribution in [0.2, 0.25) is 0 Å². The average Bonchev–Trinajstić information content (AvgIpc) is 3.17. The Balaban J connectivity index is 1.66. The third-order valence-electron chi connectivity index (χ3n) is 3.39. The number of carbonyl (C=O) groups is 1. The molecule has 0 saturated heterocycles. The van der Waals surface area contributed by atoms with Crippen molar-refractivity contribution in [1.29, 1.82) is 0 Å². The van der Waals surface area contributed by atoms with Gasteiger partial charge in [-0.2, -0.15) is 0 Å². The largest absolute Gasteiger partial charge is 0.494 e. The van der Waals surface area contributed by atoms with Crippen molar-refractivity contribution in [3.63, 3.8) is 0 Å². The number of benzene rings is 1. The van der Waals surface area contributed by atoms with E-state index in [1.165, 1.54) is 0 Å². The molecule has 2 atom stereocenters. The molecule has 0 radical (unpaired) electrons. The van der Waals surface area contributed by atoms with Crippen LogP contribution in [0.4, 0.5) is 0 Å². The van der Waals surface area contributed by atoms with Crippen molar-refractivity contribution < 1.29 is 19.0 Å². The zero-order valence-electron chi connectivity index (χ0n) is 12.1. The van der Waals surface area contributed by atoms with Crippen molar-refractivity contribution in [2.45, 2.75) is 26.7 Å². The van der Waals surface area contributed by atoms with Crippen molar-refractivity contribution in [3.05, 3.63) is 24.3 Å². The molecule has 1 saturated carbocycles. The first kappa shape index (κ1) is 14.7. The Morgan fingerprint density at radius 3 is 2.35 bits per heavy atom. The third-order valence-corrected chi connectivity index (χ3v) is 3.39. The molecule has 110 valence electrons. The summed E-state index contributed by atoms with van der Waals surface area (Å²) < 4.78 is 16.0. The third kappa shape index (κ3) is 4.76. The predicted molar refractivity (Wildman–Crippen MR) is 76.0 cm³/mol. The van der Waals surface area contributed by atoms with Crippen molar-refractivity contribution in [2.75, 3.05) is 19.8 Å². The number of carbonyl (C=O) groups excluding carboxylic acids is 1. The first-order valence-corrected chi connectivity index (χ1v) is 7.20. The van der Waals surface area contributed by atoms with Crippen molar-refractivity contribution in [3.8, 4) is 11.5 Å². The average molecular weight is 278 g/mol. The molecule has 0 spiro atoms. The van der Waals surface area contributed by atoms with Gasteiger partial charge in [0.1, 0.15) is 11.5 Å². The second-order valence-electron chi connectivity index (χ2n) is 5.26. The fraction of sp³-hybridized carbons (Fsp3) is 0.562. The van der Waals surface area contributed by atoms with Gasteiger partial charge in [-0.15, -0.1) is 0 Å². The normalized spacial score (nSPS) is 20.3. The van der Waals surface area contributed by atoms with Crippen molar-refractivity contribution >= 4 is 5.97 Å². The van der Waals surface area contributed by atoms with Gasteiger partial charge in [-0.25, -0.2) is 4.79 Å². The van der Waals surface area contributed by atoms with E-state index in [1.807, 2.05) is 12.1 Å². The number of esters is 1. The summed E-state index contributed by atoms with van der Waals surface area (Å²) in [6, 6.07) is 7.26. The maximum atomic E-state index is 11.5. The van der Waals surface area contributed by atoms with Gasteiger partial charge in [-0.05, 0) is 48.9 Å². The molecule has 1 aromatic rings. The van der Waals surface area contributed by atoms with E-state index >= 15 is 0 Å². The van der Waals surface area contributed by atoms with E-state index in [2.05, 4.69) is 13.8 Å². The molecule has 1 aliphatic carbocycles. The maximum Gasteiger partial charge on any atom is 0.344 e. The second-order valence-corrected chi connectivity index (χ2v) is 5.26. The zero-order chi connectivity index (χ0) is 14.4. The van der Waals surface area contributed by atoms with E-state index < -0.39 is 0 Å². The van der Waals surface area contributed by atoms with Crippen LogP contribution in [0, 0.1) is 11.8 Å². The Labute approximate surface area is 120 Å². The second kappa shape index (κ2) is 7.17. The molecule has 0 amide bonds. The van der Waals surface area contributed by atoms with Crippen LogP contribution in [0.5, 0.6) is 11.5 Å². The number of rotatable bonds is 8. The quantitative estimate of drug-likeness (QED) is 0.686. The van der Waals surface area contributed by atoms with E-state index in [0.717, 1.165) is 18.6 Å². The molecule has 4 nitrogen and oxygen atoms in total. The smallest absolute Gasteiger partial charge is 0.344 e. The van der Waals surface area contributed by atoms with Crippen molar-refractivity contribution in [1.82, 2.24) is 0 Å². The van der Waals surface area contributed by atoms with Crippen LogP contribution in [0.3, 0.4) is 0 Å². The van der Waals surface area contributed by atoms with E-state index in [9.17, 15) is 4.79 Å². The minimum Gasteiger partial charge on any atom is -0.494 e. The topological polar surface area (TPSA) is 44.8 Å². The van der Waals surface area contributed by atoms with Crippen LogP contribution in [0.15, 0.2) is 24.3 Å². The lowest BCUT2D eigenvalue weighted by Crippen LogP contribution is -2.16. The molecule has 0 bridgehead atoms. The molecule has 0 aliphatic heterocycles. The van der Waals surface area contributed by atoms with Gasteiger partial charge in [-0.1, -0.05) is 13.8 Å². The van der Waals surface area contributed by atoms with Crippen molar-refractivity contribution in [2.24, 2.45) is 11.8 Å². The molecule has 0 aromatic heterocycles. The van der Waals surface area contributed by atoms with Gasteiger partial charge in [-0.3, -0.25) is 0 Å². The lowest BCUT2D eigenvalue weighted by molar-refractivity contribution is -0.146. The lowest BCUT2D eigenvalue weighted by atomic mass is 10.3. The Morgan fingerprint density at radius 1 is 1.20 bits per heavy atom. The molecule has 1 aliphatic rings. The van der Waals surface area contributed by atoms with Crippen LogP contribution < -0.4 is 9.47 Å². The first-order valence-electron chi connectivity index (χ1n) is 7.20. The van der Waals surface area contributed by atoms with Gasteiger partial charge in [0.15, 0.2) is 6.61 Å². The highest BCUT2D eigenvalue weighted by atomic mass is 16.6. The Hall–Kier alpha value is -1.71. The first-order chi connectivity index (χ1) is 9.69. The minimum absolute atomic E-state index is 0.0454. The highest BCUT2D eigenvalue weighted by molar-refractivity contribution is 5.71. The van der Waals surface area contributed by atoms with Crippen LogP contribution in [0.1, 0.15) is 26.7 Å². The van der Waals surface area contributed by atoms with Gasteiger partial charge in [0.2, 0.25) is 0 Å². The van der Waals surface area contributed by atoms with Gasteiger partial charge >= 0.3 is 5.97 Å². The Bertz CT molecular complexity index is 427. The van der Waals surface area contributed by atoms with Crippen LogP contribution in [0.25, 0.3) is 0 Å². The standard InChI is InChI=1S/C16H22O4/c1-3-8-18-14-4-6-15(7-5-14)19-11-16(17)20-10-13-9-12(13)2/h4-7,12-13H,3,8-11H2,1-2H3. The highest BCUT2D eigenvalue weighted by Gasteiger charge is 2.33. The Morgan fingerprint density at radius 2 is 1.80 bits per heavy atom. The number of ether oxygens (including phenoxy) is 3. The lowest BCUT2D eigenvalue weighted by Gasteiger charge is -2.08. The van der Waals surface area contributed by atoms with E-state index in [1.54, 1.807) is 12.1 Å². The summed E-state index contributed by atoms with van der Waals surface area (Å²) in [5.41, 5.74) is 0. The van der Waals surface area contributed by atoms with Crippen LogP contribution in [-0.2, 0) is 9.53 Å². The van der Waals surface area contributed by atoms with Crippen LogP contribution in [-0.4, -0.2) is 25.8 Å². The summed E-state index contributed by atoms with van der Waals surface area (Å²) >= 11 is 0.